The highest BCUT2D eigenvalue weighted by Gasteiger charge is 2.33. The Morgan fingerprint density at radius 3 is 2.41 bits per heavy atom. The second-order valence-corrected chi connectivity index (χ2v) is 7.61. The van der Waals surface area contributed by atoms with Crippen molar-refractivity contribution in [2.45, 2.75) is 44.8 Å². The molecule has 160 valence electrons. The molecule has 2 amide bonds. The van der Waals surface area contributed by atoms with Crippen molar-refractivity contribution in [1.29, 1.82) is 0 Å². The number of aromatic amines is 1. The Bertz CT molecular complexity index is 980. The zero-order chi connectivity index (χ0) is 22.1. The minimum absolute atomic E-state index is 0.273. The van der Waals surface area contributed by atoms with E-state index in [1.807, 2.05) is 5.10 Å². The maximum absolute atomic E-state index is 13.5. The number of aryl methyl sites for hydroxylation is 1. The number of nitrogens with two attached hydrogens (primary N) is 1. The van der Waals surface area contributed by atoms with E-state index in [-0.39, 0.29) is 15.9 Å². The minimum atomic E-state index is -3.14. The summed E-state index contributed by atoms with van der Waals surface area (Å²) < 4.78 is 64.0. The first kappa shape index (κ1) is 23.2. The number of nitrogens with zero attached hydrogens (tertiary/aromatic N) is 2. The summed E-state index contributed by atoms with van der Waals surface area (Å²) >= 11 is 4.36. The van der Waals surface area contributed by atoms with E-state index in [1.54, 1.807) is 0 Å². The maximum Gasteiger partial charge on any atom is 0.339 e. The lowest BCUT2D eigenvalue weighted by Gasteiger charge is -2.19. The van der Waals surface area contributed by atoms with Crippen LogP contribution in [-0.4, -0.2) is 20.8 Å². The van der Waals surface area contributed by atoms with E-state index in [0.717, 1.165) is 18.4 Å². The van der Waals surface area contributed by atoms with Gasteiger partial charge in [0.25, 0.3) is 0 Å². The molecule has 0 saturated carbocycles. The van der Waals surface area contributed by atoms with Gasteiger partial charge >= 0.3 is 17.7 Å². The number of aromatic nitrogens is 3. The molecule has 1 atom stereocenters. The number of carbonyl (C=O) groups is 1. The summed E-state index contributed by atoms with van der Waals surface area (Å²) in [5, 5.41) is 4.43. The molecule has 0 spiro atoms. The second-order valence-electron chi connectivity index (χ2n) is 6.48. The van der Waals surface area contributed by atoms with E-state index in [0.29, 0.717) is 35.6 Å². The summed E-state index contributed by atoms with van der Waals surface area (Å²) in [6.45, 7) is 2.15. The quantitative estimate of drug-likeness (QED) is 0.361. The molecule has 2 aromatic heterocycles. The summed E-state index contributed by atoms with van der Waals surface area (Å²) in [7, 11) is 1.47. The van der Waals surface area contributed by atoms with Crippen LogP contribution in [0.15, 0.2) is 6.20 Å². The molecule has 29 heavy (non-hydrogen) atoms. The SMILES string of the molecule is CC(F)(F)n1cc(F)c(=S)[nH]1.Cc1c(C(F)(F)P)nc2c(c1NC(N)=O)CCC2. The number of primary amides is 1. The molecule has 2 heterocycles. The lowest BCUT2D eigenvalue weighted by molar-refractivity contribution is -0.0727. The van der Waals surface area contributed by atoms with Gasteiger partial charge in [0.15, 0.2) is 10.5 Å². The molecule has 0 saturated heterocycles. The molecule has 0 bridgehead atoms. The standard InChI is InChI=1S/C11H14F2N3OP.C5H5F3N2S/c1-5-8(16-10(14)17)6-3-2-4-7(6)15-9(5)11(12,13)18;1-5(7,8)10-2-3(6)4(11)9-10/h2-4,18H2,1H3,(H3,14,15,16,17);2H,1H3,(H,9,11). The topological polar surface area (TPSA) is 88.7 Å². The average Bonchev–Trinajstić information content (AvgIpc) is 3.16. The van der Waals surface area contributed by atoms with Gasteiger partial charge in [0.2, 0.25) is 0 Å². The highest BCUT2D eigenvalue weighted by molar-refractivity contribution is 7.71. The number of halogens is 5. The smallest absolute Gasteiger partial charge is 0.339 e. The predicted octanol–water partition coefficient (Wildman–Crippen LogP) is 4.55. The van der Waals surface area contributed by atoms with Gasteiger partial charge in [-0.1, -0.05) is 21.5 Å². The third kappa shape index (κ3) is 5.51. The van der Waals surface area contributed by atoms with Gasteiger partial charge in [0, 0.05) is 18.2 Å². The number of hydrogen-bond acceptors (Lipinski definition) is 3. The number of anilines is 1. The van der Waals surface area contributed by atoms with Crippen LogP contribution < -0.4 is 11.1 Å². The van der Waals surface area contributed by atoms with Gasteiger partial charge in [0.05, 0.1) is 11.9 Å². The molecule has 4 N–H and O–H groups in total. The summed E-state index contributed by atoms with van der Waals surface area (Å²) in [5.41, 5.74) is 3.76. The van der Waals surface area contributed by atoms with E-state index in [1.165, 1.54) is 16.2 Å². The molecule has 2 aromatic rings. The van der Waals surface area contributed by atoms with E-state index < -0.39 is 23.6 Å². The van der Waals surface area contributed by atoms with Crippen molar-refractivity contribution >= 4 is 33.2 Å². The lowest BCUT2D eigenvalue weighted by Crippen LogP contribution is -2.23. The van der Waals surface area contributed by atoms with Crippen LogP contribution >= 0.6 is 21.5 Å². The van der Waals surface area contributed by atoms with Crippen LogP contribution in [-0.2, 0) is 24.6 Å². The molecule has 3 rings (SSSR count). The third-order valence-corrected chi connectivity index (χ3v) is 4.70. The maximum atomic E-state index is 13.5. The van der Waals surface area contributed by atoms with E-state index in [4.69, 9.17) is 5.73 Å². The van der Waals surface area contributed by atoms with Crippen molar-refractivity contribution in [2.75, 3.05) is 5.32 Å². The molecule has 0 fully saturated rings. The zero-order valence-corrected chi connectivity index (χ0v) is 17.4. The fourth-order valence-corrected chi connectivity index (χ4v) is 3.31. The Morgan fingerprint density at radius 2 is 2.00 bits per heavy atom. The van der Waals surface area contributed by atoms with Crippen LogP contribution in [0.5, 0.6) is 0 Å². The Hall–Kier alpha value is -2.07. The van der Waals surface area contributed by atoms with Gasteiger partial charge in [-0.2, -0.15) is 17.6 Å². The number of urea groups is 1. The molecule has 0 radical (unpaired) electrons. The van der Waals surface area contributed by atoms with E-state index >= 15 is 0 Å². The van der Waals surface area contributed by atoms with Crippen molar-refractivity contribution in [3.63, 3.8) is 0 Å². The molecule has 6 nitrogen and oxygen atoms in total. The van der Waals surface area contributed by atoms with Gasteiger partial charge in [-0.05, 0) is 31.7 Å². The molecule has 13 heteroatoms. The van der Waals surface area contributed by atoms with Crippen molar-refractivity contribution in [3.8, 4) is 0 Å². The van der Waals surface area contributed by atoms with Gasteiger partial charge < -0.3 is 11.1 Å². The van der Waals surface area contributed by atoms with Gasteiger partial charge in [-0.3, -0.25) is 10.1 Å². The zero-order valence-electron chi connectivity index (χ0n) is 15.5. The number of pyridine rings is 1. The summed E-state index contributed by atoms with van der Waals surface area (Å²) in [5.74, 6) is -0.846. The molecular formula is C16H19F5N5OPS. The molecule has 0 aromatic carbocycles. The Morgan fingerprint density at radius 1 is 1.38 bits per heavy atom. The van der Waals surface area contributed by atoms with Crippen LogP contribution in [0.3, 0.4) is 0 Å². The highest BCUT2D eigenvalue weighted by atomic mass is 32.1. The summed E-state index contributed by atoms with van der Waals surface area (Å²) in [4.78, 5) is 15.0. The Balaban J connectivity index is 0.000000234. The van der Waals surface area contributed by atoms with Crippen molar-refractivity contribution < 1.29 is 26.7 Å². The first-order valence-corrected chi connectivity index (χ1v) is 9.31. The monoisotopic (exact) mass is 455 g/mol. The van der Waals surface area contributed by atoms with E-state index in [2.05, 4.69) is 22.5 Å². The number of amides is 2. The van der Waals surface area contributed by atoms with Gasteiger partial charge in [-0.15, -0.1) is 0 Å². The Labute approximate surface area is 170 Å². The number of hydrogen-bond donors (Lipinski definition) is 3. The first-order chi connectivity index (χ1) is 13.2. The van der Waals surface area contributed by atoms with E-state index in [9.17, 15) is 26.7 Å². The van der Waals surface area contributed by atoms with Crippen LogP contribution in [0.25, 0.3) is 0 Å². The molecular weight excluding hydrogens is 436 g/mol. The molecule has 1 aliphatic carbocycles. The number of carbonyl (C=O) groups excluding carboxylic acids is 1. The van der Waals surface area contributed by atoms with Crippen molar-refractivity contribution in [3.05, 3.63) is 39.2 Å². The normalized spacial score (nSPS) is 13.5. The van der Waals surface area contributed by atoms with Crippen LogP contribution in [0.4, 0.5) is 32.4 Å². The minimum Gasteiger partial charge on any atom is -0.351 e. The lowest BCUT2D eigenvalue weighted by atomic mass is 10.1. The molecule has 1 unspecified atom stereocenters. The van der Waals surface area contributed by atoms with Crippen molar-refractivity contribution in [1.82, 2.24) is 14.8 Å². The van der Waals surface area contributed by atoms with Crippen LogP contribution in [0.1, 0.15) is 35.9 Å². The number of rotatable bonds is 3. The second kappa shape index (κ2) is 8.35. The van der Waals surface area contributed by atoms with Crippen LogP contribution in [0, 0.1) is 17.4 Å². The number of nitrogens with one attached hydrogen (secondary N) is 2. The first-order valence-electron chi connectivity index (χ1n) is 8.33. The average molecular weight is 455 g/mol. The highest BCUT2D eigenvalue weighted by Crippen LogP contribution is 2.41. The molecule has 0 aliphatic heterocycles. The molecule has 1 aliphatic rings. The Kier molecular flexibility index (Phi) is 6.68. The third-order valence-electron chi connectivity index (χ3n) is 4.14. The van der Waals surface area contributed by atoms with Crippen molar-refractivity contribution in [2.24, 2.45) is 5.73 Å². The summed E-state index contributed by atoms with van der Waals surface area (Å²) in [6, 6.07) is -3.89. The van der Waals surface area contributed by atoms with Gasteiger partial charge in [0.1, 0.15) is 5.69 Å². The summed E-state index contributed by atoms with van der Waals surface area (Å²) in [6.07, 6.45) is 2.85. The fraction of sp³-hybridized carbons (Fsp3) is 0.438. The number of alkyl halides is 4. The predicted molar refractivity (Wildman–Crippen MR) is 103 cm³/mol. The number of fused-ring (bicyclic) bond motifs is 1. The van der Waals surface area contributed by atoms with Gasteiger partial charge in [-0.25, -0.2) is 13.9 Å². The number of H-pyrrole nitrogens is 1. The largest absolute Gasteiger partial charge is 0.351 e. The van der Waals surface area contributed by atoms with Crippen LogP contribution in [0.2, 0.25) is 0 Å². The fourth-order valence-electron chi connectivity index (χ4n) is 2.88.